The number of hydrogen-bond donors (Lipinski definition) is 19. The number of aliphatic carboxylic acids is 2. The van der Waals surface area contributed by atoms with Gasteiger partial charge in [0.05, 0.1) is 24.4 Å². The summed E-state index contributed by atoms with van der Waals surface area (Å²) in [5.41, 5.74) is 12.3. The molecule has 26 atom stereocenters. The van der Waals surface area contributed by atoms with Crippen LogP contribution >= 0.6 is 16.1 Å². The second kappa shape index (κ2) is 58.4. The number of nitrogens with one attached hydrogen (secondary N) is 4. The van der Waals surface area contributed by atoms with E-state index in [2.05, 4.69) is 67.5 Å². The van der Waals surface area contributed by atoms with Crippen molar-refractivity contribution in [2.75, 3.05) is 52.4 Å². The zero-order chi connectivity index (χ0) is 86.2. The first-order valence-electron chi connectivity index (χ1n) is 41.5. The van der Waals surface area contributed by atoms with Crippen molar-refractivity contribution in [2.24, 2.45) is 116 Å². The third kappa shape index (κ3) is 41.7. The molecule has 8 aliphatic carbocycles. The predicted octanol–water partition coefficient (Wildman–Crippen LogP) is 2.63. The molecular formula is C78H157N6Na2O27P2S2-. The van der Waals surface area contributed by atoms with Gasteiger partial charge >= 0.3 is 108 Å². The Morgan fingerprint density at radius 1 is 0.547 bits per heavy atom. The summed E-state index contributed by atoms with van der Waals surface area (Å²) in [6.07, 6.45) is 25.4. The van der Waals surface area contributed by atoms with Crippen LogP contribution in [0.3, 0.4) is 0 Å². The summed E-state index contributed by atoms with van der Waals surface area (Å²) in [6.45, 7) is 34.3. The van der Waals surface area contributed by atoms with Crippen molar-refractivity contribution < 1.29 is 189 Å². The minimum absolute atomic E-state index is 0. The maximum absolute atomic E-state index is 11.8. The molecule has 0 saturated heterocycles. The molecule has 39 heteroatoms. The number of aliphatic hydroxyl groups excluding tert-OH is 5. The fraction of sp³-hybridized carbons (Fsp3) is 0.962. The first-order chi connectivity index (χ1) is 52.4. The van der Waals surface area contributed by atoms with E-state index in [1.54, 1.807) is 0 Å². The molecule has 0 bridgehead atoms. The number of carboxylic acid groups (broad SMARTS) is 2. The summed E-state index contributed by atoms with van der Waals surface area (Å²) in [5, 5.41) is 84.9. The summed E-state index contributed by atoms with van der Waals surface area (Å²) in [6, 6.07) is 1.15. The van der Waals surface area contributed by atoms with Gasteiger partial charge in [-0.05, 0) is 348 Å². The van der Waals surface area contributed by atoms with Crippen molar-refractivity contribution in [3.8, 4) is 0 Å². The fourth-order valence-electron chi connectivity index (χ4n) is 21.4. The second-order valence-corrected chi connectivity index (χ2v) is 39.2. The van der Waals surface area contributed by atoms with Crippen LogP contribution in [0.15, 0.2) is 0 Å². The zero-order valence-corrected chi connectivity index (χ0v) is 79.7. The van der Waals surface area contributed by atoms with Gasteiger partial charge in [-0.25, -0.2) is 34.1 Å². The molecule has 0 aliphatic heterocycles. The molecule has 8 rings (SSSR count). The molecule has 686 valence electrons. The Labute approximate surface area is 747 Å². The molecular weight excluding hydrogens is 1620 g/mol. The average molecular weight is 1780 g/mol. The average Bonchev–Trinajstić information content (AvgIpc) is 1.33. The summed E-state index contributed by atoms with van der Waals surface area (Å²) in [7, 11) is -16.6. The van der Waals surface area contributed by atoms with E-state index in [4.69, 9.17) is 84.1 Å². The minimum Gasteiger partial charge on any atom is -1.00 e. The Balaban J connectivity index is -0.000000811. The number of carbonyl (C=O) groups is 2. The Morgan fingerprint density at radius 3 is 1.09 bits per heavy atom. The van der Waals surface area contributed by atoms with Gasteiger partial charge in [0.25, 0.3) is 0 Å². The zero-order valence-electron chi connectivity index (χ0n) is 73.3. The van der Waals surface area contributed by atoms with Crippen LogP contribution in [0.2, 0.25) is 0 Å². The molecule has 8 aliphatic rings. The summed E-state index contributed by atoms with van der Waals surface area (Å²) in [4.78, 5) is 58.5. The van der Waals surface area contributed by atoms with Crippen LogP contribution in [-0.2, 0) is 57.4 Å². The van der Waals surface area contributed by atoms with Gasteiger partial charge in [0.2, 0.25) is 0 Å². The van der Waals surface area contributed by atoms with E-state index < -0.39 is 79.3 Å². The van der Waals surface area contributed by atoms with E-state index in [1.807, 2.05) is 27.7 Å². The number of rotatable bonds is 36. The first kappa shape index (κ1) is 121. The molecule has 0 amide bonds. The van der Waals surface area contributed by atoms with E-state index in [0.29, 0.717) is 107 Å². The van der Waals surface area contributed by atoms with Crippen LogP contribution in [0.1, 0.15) is 266 Å². The normalized spacial score (nSPS) is 31.8. The molecule has 8 saturated carbocycles. The van der Waals surface area contributed by atoms with Crippen LogP contribution in [0.25, 0.3) is 0 Å². The van der Waals surface area contributed by atoms with Gasteiger partial charge < -0.3 is 99.8 Å². The molecule has 0 aromatic carbocycles. The quantitative estimate of drug-likeness (QED) is 0.00815. The van der Waals surface area contributed by atoms with E-state index in [1.165, 1.54) is 117 Å². The van der Waals surface area contributed by atoms with Crippen molar-refractivity contribution in [3.05, 3.63) is 0 Å². The third-order valence-electron chi connectivity index (χ3n) is 27.2. The maximum Gasteiger partial charge on any atom is 1.00 e. The molecule has 117 heavy (non-hydrogen) atoms. The van der Waals surface area contributed by atoms with Crippen LogP contribution in [0.5, 0.6) is 0 Å². The monoisotopic (exact) mass is 1780 g/mol. The Bertz CT molecular complexity index is 2870. The van der Waals surface area contributed by atoms with Crippen LogP contribution in [0.4, 0.5) is 0 Å². The number of carboxylic acids is 2. The van der Waals surface area contributed by atoms with Gasteiger partial charge in [-0.15, -0.1) is 0 Å². The molecule has 8 fully saturated rings. The molecule has 0 radical (unpaired) electrons. The van der Waals surface area contributed by atoms with Crippen molar-refractivity contribution in [3.63, 3.8) is 0 Å². The van der Waals surface area contributed by atoms with Gasteiger partial charge in [0.15, 0.2) is 0 Å². The van der Waals surface area contributed by atoms with Crippen molar-refractivity contribution in [1.82, 2.24) is 21.3 Å². The molecule has 0 heterocycles. The first-order valence-corrected chi connectivity index (χ1v) is 46.9. The van der Waals surface area contributed by atoms with E-state index >= 15 is 0 Å². The van der Waals surface area contributed by atoms with Gasteiger partial charge in [0, 0.05) is 16.8 Å². The Kier molecular flexibility index (Phi) is 60.5. The minimum atomic E-state index is -4.64. The fourth-order valence-corrected chi connectivity index (χ4v) is 22.7. The Morgan fingerprint density at radius 2 is 0.829 bits per heavy atom. The summed E-state index contributed by atoms with van der Waals surface area (Å²) < 4.78 is 94.7. The number of aliphatic hydroxyl groups is 5. The van der Waals surface area contributed by atoms with Crippen LogP contribution in [0, 0.1) is 105 Å². The third-order valence-corrected chi connectivity index (χ3v) is 28.3. The number of hydrogen-bond acceptors (Lipinski definition) is 26. The van der Waals surface area contributed by atoms with E-state index in [0.717, 1.165) is 117 Å². The summed E-state index contributed by atoms with van der Waals surface area (Å²) in [5.74, 6) is 4.06. The predicted molar refractivity (Wildman–Crippen MR) is 439 cm³/mol. The topological polar surface area (TPSA) is 598 Å². The van der Waals surface area contributed by atoms with Crippen LogP contribution < -0.4 is 96.7 Å². The Hall–Kier alpha value is -0.0400. The van der Waals surface area contributed by atoms with Crippen molar-refractivity contribution in [1.29, 1.82) is 0 Å². The van der Waals surface area contributed by atoms with Gasteiger partial charge in [-0.1, -0.05) is 83.6 Å². The van der Waals surface area contributed by atoms with Gasteiger partial charge in [0.1, 0.15) is 12.2 Å². The van der Waals surface area contributed by atoms with E-state index in [-0.39, 0.29) is 108 Å². The molecule has 0 aromatic rings. The number of nitrogens with two attached hydrogens (primary N) is 2. The molecule has 22 N–H and O–H groups in total. The standard InChI is InChI=1S/2C34H65N3O5S.2C3H6O3.C3H5O2.CH4.2Na.H3O4P.HO4P.H2O.H/c2*1-23(2)31(42-43(39,40)41)12-9-24(3)27-10-11-28-32-29(14-16-34(27,28)5)33(4)15-13-26(21-25(33)22-30(32)38)37-20-8-19-36-18-7-6-17-35;2*1-2(4)3(5)6;1-3(5)2-4;;;;1-5(2,3)4;1-4-5(2)3;;/h2*23-32,36-38H,6-22,35H2,1-5H3,(H,39,40,41);2*2,4H,1H3,(H,5,6);3,5H,1H3;1H4;;;(H3,1,2,3,4);1H;1H2;/q;;;;-1;;2*+1;;;;-1/p-1/t2*24-,25-,26+,27?,28?,29?,30-,31-,32?,33+,34-;2*2-;3-;;;;;;;/m11000......./s1. The molecule has 0 spiro atoms. The SMILES string of the molecule is C.CC(C)[C@@H](CC[C@@H](C)C1CCC2C3C(CC[C@@]21C)[C@@]1(C)CC[C@H](NCCCNCCCCN)C[C@@H]1C[C@H]3O)OS(=O)(=O)O.CC(C)[C@@H](CC[C@@H](C)C1CCC2C3C(CC[C@@]21C)[C@@]1(C)CC[C@H](NCCCNCCCCN)C[C@@H]1C[C@H]3O)OS(=O)(=O)O.C[C@H](O)C(=O)O.C[C@H](O)C(=O)O.C[C@H](O)[C-]=O.O=P(O)(O)O.O=[P+]([O-])OO.[H-].[Na+].[Na+].[OH-]. The van der Waals surface area contributed by atoms with Crippen molar-refractivity contribution >= 4 is 55.1 Å². The molecule has 0 aromatic heterocycles. The number of unbranched alkanes of at least 4 members (excludes halogenated alkanes) is 2. The number of fused-ring (bicyclic) bond motifs is 10. The number of phosphoric acid groups is 1. The molecule has 33 nitrogen and oxygen atoms in total. The number of carbonyl (C=O) groups excluding carboxylic acids is 1. The summed E-state index contributed by atoms with van der Waals surface area (Å²) >= 11 is 0. The second-order valence-electron chi connectivity index (χ2n) is 35.5. The van der Waals surface area contributed by atoms with Gasteiger partial charge in [-0.2, -0.15) is 16.8 Å². The van der Waals surface area contributed by atoms with Gasteiger partial charge in [-0.3, -0.25) is 9.11 Å². The van der Waals surface area contributed by atoms with Crippen LogP contribution in [-0.4, -0.2) is 212 Å². The molecule has 9 unspecified atom stereocenters. The maximum atomic E-state index is 11.8. The largest absolute Gasteiger partial charge is 1.00 e. The smallest absolute Gasteiger partial charge is 1.00 e. The van der Waals surface area contributed by atoms with Crippen molar-refractivity contribution in [2.45, 2.75) is 319 Å². The van der Waals surface area contributed by atoms with E-state index in [9.17, 15) is 45.7 Å².